The molecule has 84 valence electrons. The number of anilines is 1. The lowest BCUT2D eigenvalue weighted by Gasteiger charge is -2.01. The summed E-state index contributed by atoms with van der Waals surface area (Å²) < 4.78 is 0. The van der Waals surface area contributed by atoms with Crippen molar-refractivity contribution in [2.75, 3.05) is 12.4 Å². The standard InChI is InChI=1S/C12H13ClN2S/c1-8-11(16-12(14-2)15-8)7-9-5-3-4-6-10(9)13/h3-6H,7H2,1-2H3,(H,14,15). The third kappa shape index (κ3) is 2.36. The molecule has 0 aliphatic carbocycles. The number of aryl methyl sites for hydroxylation is 1. The zero-order valence-electron chi connectivity index (χ0n) is 9.25. The largest absolute Gasteiger partial charge is 0.365 e. The lowest BCUT2D eigenvalue weighted by Crippen LogP contribution is -1.88. The molecule has 0 amide bonds. The highest BCUT2D eigenvalue weighted by Crippen LogP contribution is 2.27. The Labute approximate surface area is 104 Å². The van der Waals surface area contributed by atoms with E-state index in [1.165, 1.54) is 4.88 Å². The van der Waals surface area contributed by atoms with E-state index in [9.17, 15) is 0 Å². The van der Waals surface area contributed by atoms with Gasteiger partial charge in [-0.15, -0.1) is 11.3 Å². The number of halogens is 1. The van der Waals surface area contributed by atoms with Crippen LogP contribution in [0.2, 0.25) is 5.02 Å². The minimum absolute atomic E-state index is 0.821. The number of benzene rings is 1. The molecule has 0 atom stereocenters. The topological polar surface area (TPSA) is 24.9 Å². The summed E-state index contributed by atoms with van der Waals surface area (Å²) in [4.78, 5) is 5.68. The van der Waals surface area contributed by atoms with Crippen LogP contribution < -0.4 is 5.32 Å². The molecule has 1 aromatic heterocycles. The Morgan fingerprint density at radius 3 is 2.75 bits per heavy atom. The van der Waals surface area contributed by atoms with Gasteiger partial charge < -0.3 is 5.32 Å². The van der Waals surface area contributed by atoms with Gasteiger partial charge in [0.25, 0.3) is 0 Å². The van der Waals surface area contributed by atoms with Crippen LogP contribution in [-0.2, 0) is 6.42 Å². The lowest BCUT2D eigenvalue weighted by molar-refractivity contribution is 1.15. The molecule has 2 rings (SSSR count). The summed E-state index contributed by atoms with van der Waals surface area (Å²) in [6.45, 7) is 2.03. The maximum Gasteiger partial charge on any atom is 0.182 e. The van der Waals surface area contributed by atoms with Crippen molar-refractivity contribution in [1.82, 2.24) is 4.98 Å². The van der Waals surface area contributed by atoms with Gasteiger partial charge >= 0.3 is 0 Å². The van der Waals surface area contributed by atoms with Crippen LogP contribution >= 0.6 is 22.9 Å². The average Bonchev–Trinajstić information content (AvgIpc) is 2.63. The fraction of sp³-hybridized carbons (Fsp3) is 0.250. The maximum atomic E-state index is 6.14. The summed E-state index contributed by atoms with van der Waals surface area (Å²) in [7, 11) is 1.89. The van der Waals surface area contributed by atoms with E-state index >= 15 is 0 Å². The molecule has 4 heteroatoms. The van der Waals surface area contributed by atoms with Crippen molar-refractivity contribution < 1.29 is 0 Å². The number of thiazole rings is 1. The molecule has 0 spiro atoms. The molecule has 0 bridgehead atoms. The highest BCUT2D eigenvalue weighted by molar-refractivity contribution is 7.15. The summed E-state index contributed by atoms with van der Waals surface area (Å²) in [5.41, 5.74) is 2.23. The van der Waals surface area contributed by atoms with Crippen molar-refractivity contribution in [3.63, 3.8) is 0 Å². The maximum absolute atomic E-state index is 6.14. The Bertz CT molecular complexity index is 494. The summed E-state index contributed by atoms with van der Waals surface area (Å²) in [6.07, 6.45) is 0.852. The van der Waals surface area contributed by atoms with Crippen molar-refractivity contribution in [2.24, 2.45) is 0 Å². The van der Waals surface area contributed by atoms with Gasteiger partial charge in [-0.1, -0.05) is 29.8 Å². The SMILES string of the molecule is CNc1nc(C)c(Cc2ccccc2Cl)s1. The Balaban J connectivity index is 2.27. The van der Waals surface area contributed by atoms with Crippen LogP contribution in [0.15, 0.2) is 24.3 Å². The molecule has 2 aromatic rings. The van der Waals surface area contributed by atoms with E-state index in [-0.39, 0.29) is 0 Å². The van der Waals surface area contributed by atoms with E-state index in [1.807, 2.05) is 32.2 Å². The second-order valence-electron chi connectivity index (χ2n) is 3.55. The first-order valence-corrected chi connectivity index (χ1v) is 6.27. The fourth-order valence-electron chi connectivity index (χ4n) is 1.51. The number of hydrogen-bond acceptors (Lipinski definition) is 3. The van der Waals surface area contributed by atoms with E-state index in [4.69, 9.17) is 11.6 Å². The molecule has 0 fully saturated rings. The fourth-order valence-corrected chi connectivity index (χ4v) is 2.66. The second kappa shape index (κ2) is 4.85. The summed E-state index contributed by atoms with van der Waals surface area (Å²) in [5, 5.41) is 4.84. The molecular formula is C12H13ClN2S. The Kier molecular flexibility index (Phi) is 3.46. The summed E-state index contributed by atoms with van der Waals surface area (Å²) >= 11 is 7.82. The van der Waals surface area contributed by atoms with E-state index in [2.05, 4.69) is 16.4 Å². The van der Waals surface area contributed by atoms with Crippen LogP contribution in [0.25, 0.3) is 0 Å². The number of hydrogen-bond donors (Lipinski definition) is 1. The number of nitrogens with one attached hydrogen (secondary N) is 1. The van der Waals surface area contributed by atoms with Crippen molar-refractivity contribution >= 4 is 28.1 Å². The molecule has 0 saturated heterocycles. The van der Waals surface area contributed by atoms with Gasteiger partial charge in [-0.05, 0) is 18.6 Å². The smallest absolute Gasteiger partial charge is 0.182 e. The molecule has 0 radical (unpaired) electrons. The van der Waals surface area contributed by atoms with Crippen LogP contribution in [-0.4, -0.2) is 12.0 Å². The van der Waals surface area contributed by atoms with Gasteiger partial charge in [-0.2, -0.15) is 0 Å². The monoisotopic (exact) mass is 252 g/mol. The second-order valence-corrected chi connectivity index (χ2v) is 5.04. The van der Waals surface area contributed by atoms with E-state index in [0.717, 1.165) is 27.8 Å². The minimum Gasteiger partial charge on any atom is -0.365 e. The molecule has 16 heavy (non-hydrogen) atoms. The normalized spacial score (nSPS) is 10.4. The van der Waals surface area contributed by atoms with Gasteiger partial charge in [-0.25, -0.2) is 4.98 Å². The molecule has 1 heterocycles. The predicted octanol–water partition coefficient (Wildman–Crippen LogP) is 3.74. The molecule has 0 aliphatic rings. The Morgan fingerprint density at radius 1 is 1.38 bits per heavy atom. The first kappa shape index (κ1) is 11.4. The molecule has 1 aromatic carbocycles. The third-order valence-electron chi connectivity index (χ3n) is 2.42. The molecule has 2 nitrogen and oxygen atoms in total. The first-order chi connectivity index (χ1) is 7.70. The van der Waals surface area contributed by atoms with E-state index < -0.39 is 0 Å². The van der Waals surface area contributed by atoms with Crippen molar-refractivity contribution in [3.8, 4) is 0 Å². The number of nitrogens with zero attached hydrogens (tertiary/aromatic N) is 1. The summed E-state index contributed by atoms with van der Waals surface area (Å²) in [5.74, 6) is 0. The van der Waals surface area contributed by atoms with Gasteiger partial charge in [0.05, 0.1) is 5.69 Å². The van der Waals surface area contributed by atoms with Gasteiger partial charge in [0.15, 0.2) is 5.13 Å². The van der Waals surface area contributed by atoms with E-state index in [0.29, 0.717) is 0 Å². The zero-order valence-corrected chi connectivity index (χ0v) is 10.8. The van der Waals surface area contributed by atoms with Gasteiger partial charge in [0, 0.05) is 23.4 Å². The molecule has 1 N–H and O–H groups in total. The van der Waals surface area contributed by atoms with Crippen LogP contribution in [0.4, 0.5) is 5.13 Å². The molecule has 0 saturated carbocycles. The molecule has 0 aliphatic heterocycles. The molecule has 0 unspecified atom stereocenters. The highest BCUT2D eigenvalue weighted by Gasteiger charge is 2.08. The Morgan fingerprint density at radius 2 is 2.12 bits per heavy atom. The number of rotatable bonds is 3. The highest BCUT2D eigenvalue weighted by atomic mass is 35.5. The van der Waals surface area contributed by atoms with Crippen molar-refractivity contribution in [3.05, 3.63) is 45.4 Å². The van der Waals surface area contributed by atoms with Crippen LogP contribution in [0.1, 0.15) is 16.1 Å². The predicted molar refractivity (Wildman–Crippen MR) is 70.7 cm³/mol. The van der Waals surface area contributed by atoms with Crippen LogP contribution in [0.5, 0.6) is 0 Å². The number of aromatic nitrogens is 1. The van der Waals surface area contributed by atoms with Gasteiger partial charge in [-0.3, -0.25) is 0 Å². The molecular weight excluding hydrogens is 240 g/mol. The van der Waals surface area contributed by atoms with Crippen molar-refractivity contribution in [2.45, 2.75) is 13.3 Å². The van der Waals surface area contributed by atoms with Crippen molar-refractivity contribution in [1.29, 1.82) is 0 Å². The summed E-state index contributed by atoms with van der Waals surface area (Å²) in [6, 6.07) is 7.94. The first-order valence-electron chi connectivity index (χ1n) is 5.08. The quantitative estimate of drug-likeness (QED) is 0.900. The average molecular weight is 253 g/mol. The third-order valence-corrected chi connectivity index (χ3v) is 3.96. The Hall–Kier alpha value is -1.06. The lowest BCUT2D eigenvalue weighted by atomic mass is 10.1. The van der Waals surface area contributed by atoms with Gasteiger partial charge in [0.1, 0.15) is 0 Å². The minimum atomic E-state index is 0.821. The van der Waals surface area contributed by atoms with Crippen LogP contribution in [0.3, 0.4) is 0 Å². The van der Waals surface area contributed by atoms with Crippen LogP contribution in [0, 0.1) is 6.92 Å². The van der Waals surface area contributed by atoms with E-state index in [1.54, 1.807) is 11.3 Å². The van der Waals surface area contributed by atoms with Gasteiger partial charge in [0.2, 0.25) is 0 Å². The zero-order chi connectivity index (χ0) is 11.5.